The minimum atomic E-state index is -0.349. The summed E-state index contributed by atoms with van der Waals surface area (Å²) in [5.74, 6) is -0.349. The molecular formula is C15H14N2O3. The molecule has 0 radical (unpaired) electrons. The summed E-state index contributed by atoms with van der Waals surface area (Å²) in [7, 11) is 0. The number of rotatable bonds is 2. The molecule has 0 aliphatic carbocycles. The molecule has 5 nitrogen and oxygen atoms in total. The summed E-state index contributed by atoms with van der Waals surface area (Å²) in [6.07, 6.45) is 1.69. The largest absolute Gasteiger partial charge is 0.419 e. The maximum Gasteiger partial charge on any atom is 0.419 e. The summed E-state index contributed by atoms with van der Waals surface area (Å²) < 4.78 is 6.76. The first-order chi connectivity index (χ1) is 9.60. The van der Waals surface area contributed by atoms with Crippen LogP contribution in [0.1, 0.15) is 12.5 Å². The molecule has 0 atom stereocenters. The molecule has 102 valence electrons. The van der Waals surface area contributed by atoms with Gasteiger partial charge < -0.3 is 9.40 Å². The molecule has 0 saturated carbocycles. The molecule has 1 N–H and O–H groups in total. The van der Waals surface area contributed by atoms with Gasteiger partial charge in [0.05, 0.1) is 5.52 Å². The number of aromatic nitrogens is 2. The summed E-state index contributed by atoms with van der Waals surface area (Å²) in [6.45, 7) is 4.34. The Morgan fingerprint density at radius 3 is 2.75 bits per heavy atom. The predicted octanol–water partition coefficient (Wildman–Crippen LogP) is 2.28. The topological polar surface area (TPSA) is 68.0 Å². The summed E-state index contributed by atoms with van der Waals surface area (Å²) in [6, 6.07) is 7.13. The molecule has 0 aliphatic rings. The molecule has 0 unspecified atom stereocenters. The molecule has 3 rings (SSSR count). The first kappa shape index (κ1) is 12.5. The Bertz CT molecular complexity index is 899. The quantitative estimate of drug-likeness (QED) is 0.776. The number of nitrogens with zero attached hydrogens (tertiary/aromatic N) is 1. The van der Waals surface area contributed by atoms with Gasteiger partial charge in [0.15, 0.2) is 5.58 Å². The molecular weight excluding hydrogens is 256 g/mol. The highest BCUT2D eigenvalue weighted by molar-refractivity contribution is 5.81. The second kappa shape index (κ2) is 4.52. The van der Waals surface area contributed by atoms with Gasteiger partial charge in [0.2, 0.25) is 5.56 Å². The molecule has 5 heteroatoms. The van der Waals surface area contributed by atoms with Gasteiger partial charge in [0, 0.05) is 24.4 Å². The lowest BCUT2D eigenvalue weighted by Crippen LogP contribution is -2.12. The number of benzene rings is 1. The number of pyridine rings is 1. The van der Waals surface area contributed by atoms with Gasteiger partial charge in [-0.05, 0) is 37.1 Å². The van der Waals surface area contributed by atoms with Gasteiger partial charge in [-0.25, -0.2) is 4.79 Å². The van der Waals surface area contributed by atoms with Crippen LogP contribution < -0.4 is 11.3 Å². The molecule has 2 heterocycles. The Labute approximate surface area is 114 Å². The molecule has 20 heavy (non-hydrogen) atoms. The van der Waals surface area contributed by atoms with Crippen molar-refractivity contribution >= 4 is 11.1 Å². The van der Waals surface area contributed by atoms with Crippen LogP contribution in [0.4, 0.5) is 0 Å². The van der Waals surface area contributed by atoms with Crippen molar-refractivity contribution in [3.05, 3.63) is 56.9 Å². The number of aromatic amines is 1. The molecule has 0 fully saturated rings. The number of nitrogens with one attached hydrogen (secondary N) is 1. The molecule has 0 amide bonds. The van der Waals surface area contributed by atoms with Gasteiger partial charge in [-0.3, -0.25) is 9.36 Å². The van der Waals surface area contributed by atoms with E-state index in [2.05, 4.69) is 4.98 Å². The van der Waals surface area contributed by atoms with E-state index in [-0.39, 0.29) is 11.3 Å². The summed E-state index contributed by atoms with van der Waals surface area (Å²) in [5, 5.41) is 0. The molecule has 1 aromatic carbocycles. The lowest BCUT2D eigenvalue weighted by Gasteiger charge is -2.05. The van der Waals surface area contributed by atoms with Crippen molar-refractivity contribution in [2.75, 3.05) is 0 Å². The van der Waals surface area contributed by atoms with Crippen LogP contribution in [0.2, 0.25) is 0 Å². The number of oxazole rings is 1. The standard InChI is InChI=1S/C15H14N2O3/c1-3-17-12-7-10(4-5-13(12)20-15(17)19)11-8-16-14(18)6-9(11)2/h4-8H,3H2,1-2H3,(H,16,18). The van der Waals surface area contributed by atoms with Crippen molar-refractivity contribution in [2.24, 2.45) is 0 Å². The van der Waals surface area contributed by atoms with Crippen molar-refractivity contribution in [2.45, 2.75) is 20.4 Å². The third-order valence-electron chi connectivity index (χ3n) is 3.43. The minimum absolute atomic E-state index is 0.124. The van der Waals surface area contributed by atoms with Crippen LogP contribution in [-0.4, -0.2) is 9.55 Å². The first-order valence-electron chi connectivity index (χ1n) is 6.43. The van der Waals surface area contributed by atoms with Crippen LogP contribution in [0.5, 0.6) is 0 Å². The fourth-order valence-electron chi connectivity index (χ4n) is 2.41. The van der Waals surface area contributed by atoms with Crippen molar-refractivity contribution in [1.29, 1.82) is 0 Å². The second-order valence-corrected chi connectivity index (χ2v) is 4.69. The summed E-state index contributed by atoms with van der Waals surface area (Å²) in [5.41, 5.74) is 3.98. The van der Waals surface area contributed by atoms with E-state index >= 15 is 0 Å². The second-order valence-electron chi connectivity index (χ2n) is 4.69. The Morgan fingerprint density at radius 1 is 1.25 bits per heavy atom. The van der Waals surface area contributed by atoms with Gasteiger partial charge in [0.25, 0.3) is 0 Å². The Balaban J connectivity index is 2.27. The maximum absolute atomic E-state index is 11.7. The number of hydrogen-bond acceptors (Lipinski definition) is 3. The molecule has 0 aliphatic heterocycles. The maximum atomic E-state index is 11.7. The van der Waals surface area contributed by atoms with Crippen LogP contribution in [0.3, 0.4) is 0 Å². The zero-order chi connectivity index (χ0) is 14.3. The summed E-state index contributed by atoms with van der Waals surface area (Å²) in [4.78, 5) is 25.6. The van der Waals surface area contributed by atoms with Crippen molar-refractivity contribution in [1.82, 2.24) is 9.55 Å². The first-order valence-corrected chi connectivity index (χ1v) is 6.43. The van der Waals surface area contributed by atoms with Crippen LogP contribution in [0, 0.1) is 6.92 Å². The Hall–Kier alpha value is -2.56. The van der Waals surface area contributed by atoms with Crippen molar-refractivity contribution in [3.8, 4) is 11.1 Å². The highest BCUT2D eigenvalue weighted by Crippen LogP contribution is 2.25. The normalized spacial score (nSPS) is 11.1. The van der Waals surface area contributed by atoms with E-state index in [1.54, 1.807) is 22.9 Å². The van der Waals surface area contributed by atoms with E-state index in [4.69, 9.17) is 4.42 Å². The molecule has 0 bridgehead atoms. The van der Waals surface area contributed by atoms with E-state index in [0.29, 0.717) is 12.1 Å². The fraction of sp³-hybridized carbons (Fsp3) is 0.200. The zero-order valence-electron chi connectivity index (χ0n) is 11.3. The predicted molar refractivity (Wildman–Crippen MR) is 76.9 cm³/mol. The van der Waals surface area contributed by atoms with E-state index in [9.17, 15) is 9.59 Å². The third-order valence-corrected chi connectivity index (χ3v) is 3.43. The summed E-state index contributed by atoms with van der Waals surface area (Å²) >= 11 is 0. The average Bonchev–Trinajstić information content (AvgIpc) is 2.73. The van der Waals surface area contributed by atoms with E-state index < -0.39 is 0 Å². The van der Waals surface area contributed by atoms with E-state index in [1.165, 1.54) is 0 Å². The van der Waals surface area contributed by atoms with Crippen molar-refractivity contribution < 1.29 is 4.42 Å². The number of H-pyrrole nitrogens is 1. The number of aryl methyl sites for hydroxylation is 2. The number of fused-ring (bicyclic) bond motifs is 1. The Morgan fingerprint density at radius 2 is 2.05 bits per heavy atom. The zero-order valence-corrected chi connectivity index (χ0v) is 11.3. The fourth-order valence-corrected chi connectivity index (χ4v) is 2.41. The van der Waals surface area contributed by atoms with Crippen LogP contribution >= 0.6 is 0 Å². The average molecular weight is 270 g/mol. The van der Waals surface area contributed by atoms with E-state index in [0.717, 1.165) is 22.2 Å². The van der Waals surface area contributed by atoms with E-state index in [1.807, 2.05) is 26.0 Å². The SMILES string of the molecule is CCn1c(=O)oc2ccc(-c3c[nH]c(=O)cc3C)cc21. The van der Waals surface area contributed by atoms with Crippen LogP contribution in [0.25, 0.3) is 22.2 Å². The molecule has 0 spiro atoms. The lowest BCUT2D eigenvalue weighted by molar-refractivity contribution is 0.513. The Kier molecular flexibility index (Phi) is 2.82. The smallest absolute Gasteiger partial charge is 0.408 e. The van der Waals surface area contributed by atoms with Crippen molar-refractivity contribution in [3.63, 3.8) is 0 Å². The van der Waals surface area contributed by atoms with Gasteiger partial charge in [-0.1, -0.05) is 6.07 Å². The van der Waals surface area contributed by atoms with Gasteiger partial charge >= 0.3 is 5.76 Å². The number of hydrogen-bond donors (Lipinski definition) is 1. The monoisotopic (exact) mass is 270 g/mol. The highest BCUT2D eigenvalue weighted by Gasteiger charge is 2.10. The van der Waals surface area contributed by atoms with Crippen LogP contribution in [0.15, 0.2) is 44.5 Å². The third kappa shape index (κ3) is 1.87. The molecule has 0 saturated heterocycles. The van der Waals surface area contributed by atoms with Crippen LogP contribution in [-0.2, 0) is 6.54 Å². The molecule has 2 aromatic heterocycles. The minimum Gasteiger partial charge on any atom is -0.408 e. The van der Waals surface area contributed by atoms with Gasteiger partial charge in [0.1, 0.15) is 0 Å². The van der Waals surface area contributed by atoms with Gasteiger partial charge in [-0.15, -0.1) is 0 Å². The lowest BCUT2D eigenvalue weighted by atomic mass is 10.0. The molecule has 3 aromatic rings. The highest BCUT2D eigenvalue weighted by atomic mass is 16.4. The van der Waals surface area contributed by atoms with Gasteiger partial charge in [-0.2, -0.15) is 0 Å².